The minimum atomic E-state index is -1.08. The highest BCUT2D eigenvalue weighted by Crippen LogP contribution is 2.22. The summed E-state index contributed by atoms with van der Waals surface area (Å²) >= 11 is 0. The first-order valence-corrected chi connectivity index (χ1v) is 3.97. The highest BCUT2D eigenvalue weighted by atomic mass is 16.5. The van der Waals surface area contributed by atoms with Gasteiger partial charge < -0.3 is 9.84 Å². The number of carbonyl (C=O) groups is 2. The Kier molecular flexibility index (Phi) is 2.86. The van der Waals surface area contributed by atoms with E-state index in [1.807, 2.05) is 0 Å². The second-order valence-electron chi connectivity index (χ2n) is 2.82. The third kappa shape index (κ3) is 1.74. The third-order valence-corrected chi connectivity index (χ3v) is 1.99. The lowest BCUT2D eigenvalue weighted by Crippen LogP contribution is -2.01. The Bertz CT molecular complexity index is 382. The fourth-order valence-corrected chi connectivity index (χ4v) is 1.17. The van der Waals surface area contributed by atoms with Crippen molar-refractivity contribution in [3.63, 3.8) is 0 Å². The van der Waals surface area contributed by atoms with Crippen molar-refractivity contribution < 1.29 is 19.4 Å². The maximum atomic E-state index is 10.7. The summed E-state index contributed by atoms with van der Waals surface area (Å²) < 4.78 is 4.96. The molecule has 0 saturated carbocycles. The molecule has 0 saturated heterocycles. The first-order valence-electron chi connectivity index (χ1n) is 3.97. The normalized spacial score (nSPS) is 9.57. The summed E-state index contributed by atoms with van der Waals surface area (Å²) in [5, 5.41) is 8.74. The van der Waals surface area contributed by atoms with Crippen molar-refractivity contribution >= 4 is 12.3 Å². The minimum absolute atomic E-state index is 0.0505. The first-order chi connectivity index (χ1) is 6.60. The van der Waals surface area contributed by atoms with E-state index >= 15 is 0 Å². The molecule has 74 valence electrons. The van der Waals surface area contributed by atoms with Gasteiger partial charge in [0, 0.05) is 11.1 Å². The quantitative estimate of drug-likeness (QED) is 0.741. The molecule has 14 heavy (non-hydrogen) atoms. The first kappa shape index (κ1) is 10.2. The van der Waals surface area contributed by atoms with E-state index in [0.717, 1.165) is 0 Å². The molecule has 0 aliphatic carbocycles. The molecule has 4 nitrogen and oxygen atoms in total. The van der Waals surface area contributed by atoms with Gasteiger partial charge in [0.1, 0.15) is 12.0 Å². The third-order valence-electron chi connectivity index (χ3n) is 1.99. The van der Waals surface area contributed by atoms with Crippen LogP contribution < -0.4 is 4.74 Å². The van der Waals surface area contributed by atoms with Crippen LogP contribution in [0.25, 0.3) is 0 Å². The van der Waals surface area contributed by atoms with Gasteiger partial charge in [-0.25, -0.2) is 4.79 Å². The fourth-order valence-electron chi connectivity index (χ4n) is 1.17. The molecule has 1 N–H and O–H groups in total. The van der Waals surface area contributed by atoms with Gasteiger partial charge >= 0.3 is 5.97 Å². The number of rotatable bonds is 3. The van der Waals surface area contributed by atoms with Gasteiger partial charge in [-0.2, -0.15) is 0 Å². The van der Waals surface area contributed by atoms with Gasteiger partial charge in [-0.15, -0.1) is 0 Å². The molecule has 1 aromatic rings. The van der Waals surface area contributed by atoms with Gasteiger partial charge in [0.25, 0.3) is 0 Å². The van der Waals surface area contributed by atoms with Crippen molar-refractivity contribution in [2.24, 2.45) is 0 Å². The number of hydrogen-bond donors (Lipinski definition) is 1. The molecule has 1 aromatic carbocycles. The topological polar surface area (TPSA) is 63.6 Å². The zero-order valence-corrected chi connectivity index (χ0v) is 7.90. The predicted molar refractivity (Wildman–Crippen MR) is 50.1 cm³/mol. The molecule has 0 atom stereocenters. The molecule has 0 bridgehead atoms. The largest absolute Gasteiger partial charge is 0.496 e. The van der Waals surface area contributed by atoms with Crippen molar-refractivity contribution in [2.45, 2.75) is 6.92 Å². The van der Waals surface area contributed by atoms with Crippen LogP contribution in [0.3, 0.4) is 0 Å². The Morgan fingerprint density at radius 1 is 1.50 bits per heavy atom. The Morgan fingerprint density at radius 3 is 2.57 bits per heavy atom. The molecule has 4 heteroatoms. The molecular weight excluding hydrogens is 184 g/mol. The maximum absolute atomic E-state index is 10.7. The lowest BCUT2D eigenvalue weighted by atomic mass is 10.0. The van der Waals surface area contributed by atoms with Crippen LogP contribution in [0.2, 0.25) is 0 Å². The molecule has 0 fully saturated rings. The van der Waals surface area contributed by atoms with Crippen LogP contribution in [0.1, 0.15) is 26.3 Å². The predicted octanol–water partition coefficient (Wildman–Crippen LogP) is 1.51. The SMILES string of the molecule is COc1cc(C(=O)O)cc(C=O)c1C. The zero-order valence-electron chi connectivity index (χ0n) is 7.90. The Morgan fingerprint density at radius 2 is 2.14 bits per heavy atom. The molecule has 0 amide bonds. The summed E-state index contributed by atoms with van der Waals surface area (Å²) in [5.74, 6) is -0.668. The summed E-state index contributed by atoms with van der Waals surface area (Å²) in [6, 6.07) is 2.72. The summed E-state index contributed by atoms with van der Waals surface area (Å²) in [6.07, 6.45) is 0.615. The highest BCUT2D eigenvalue weighted by molar-refractivity contribution is 5.91. The Labute approximate surface area is 81.1 Å². The van der Waals surface area contributed by atoms with Crippen molar-refractivity contribution in [1.29, 1.82) is 0 Å². The van der Waals surface area contributed by atoms with E-state index in [0.29, 0.717) is 23.2 Å². The second kappa shape index (κ2) is 3.91. The second-order valence-corrected chi connectivity index (χ2v) is 2.82. The van der Waals surface area contributed by atoms with Crippen LogP contribution in [0.15, 0.2) is 12.1 Å². The molecule has 0 spiro atoms. The average Bonchev–Trinajstić information content (AvgIpc) is 2.17. The number of methoxy groups -OCH3 is 1. The number of aldehydes is 1. The van der Waals surface area contributed by atoms with Crippen LogP contribution in [0, 0.1) is 6.92 Å². The number of carboxylic acids is 1. The lowest BCUT2D eigenvalue weighted by molar-refractivity contribution is 0.0696. The molecular formula is C10H10O4. The Hall–Kier alpha value is -1.84. The van der Waals surface area contributed by atoms with Crippen LogP contribution in [0.5, 0.6) is 5.75 Å². The molecule has 0 unspecified atom stereocenters. The standard InChI is InChI=1S/C10H10O4/c1-6-8(5-11)3-7(10(12)13)4-9(6)14-2/h3-5H,1-2H3,(H,12,13). The maximum Gasteiger partial charge on any atom is 0.335 e. The van der Waals surface area contributed by atoms with Crippen LogP contribution >= 0.6 is 0 Å². The van der Waals surface area contributed by atoms with Gasteiger partial charge in [0.2, 0.25) is 0 Å². The average molecular weight is 194 g/mol. The van der Waals surface area contributed by atoms with E-state index in [1.165, 1.54) is 19.2 Å². The van der Waals surface area contributed by atoms with Crippen molar-refractivity contribution in [2.75, 3.05) is 7.11 Å². The molecule has 0 heterocycles. The van der Waals surface area contributed by atoms with Crippen molar-refractivity contribution in [3.8, 4) is 5.75 Å². The van der Waals surface area contributed by atoms with Gasteiger partial charge in [-0.3, -0.25) is 4.79 Å². The minimum Gasteiger partial charge on any atom is -0.496 e. The molecule has 0 aromatic heterocycles. The number of ether oxygens (including phenoxy) is 1. The number of benzene rings is 1. The molecule has 0 aliphatic rings. The highest BCUT2D eigenvalue weighted by Gasteiger charge is 2.11. The monoisotopic (exact) mass is 194 g/mol. The van der Waals surface area contributed by atoms with Gasteiger partial charge in [-0.1, -0.05) is 0 Å². The van der Waals surface area contributed by atoms with Gasteiger partial charge in [0.15, 0.2) is 0 Å². The van der Waals surface area contributed by atoms with Crippen LogP contribution in [-0.2, 0) is 0 Å². The summed E-state index contributed by atoms with van der Waals surface area (Å²) in [5.41, 5.74) is 1.03. The summed E-state index contributed by atoms with van der Waals surface area (Å²) in [7, 11) is 1.43. The molecule has 0 radical (unpaired) electrons. The summed E-state index contributed by atoms with van der Waals surface area (Å²) in [6.45, 7) is 1.70. The van der Waals surface area contributed by atoms with E-state index < -0.39 is 5.97 Å². The van der Waals surface area contributed by atoms with Gasteiger partial charge in [-0.05, 0) is 19.1 Å². The zero-order chi connectivity index (χ0) is 10.7. The van der Waals surface area contributed by atoms with E-state index in [-0.39, 0.29) is 5.56 Å². The number of carboxylic acid groups (broad SMARTS) is 1. The van der Waals surface area contributed by atoms with Gasteiger partial charge in [0.05, 0.1) is 12.7 Å². The number of hydrogen-bond acceptors (Lipinski definition) is 3. The van der Waals surface area contributed by atoms with Crippen molar-refractivity contribution in [1.82, 2.24) is 0 Å². The Balaban J connectivity index is 3.39. The van der Waals surface area contributed by atoms with E-state index in [9.17, 15) is 9.59 Å². The van der Waals surface area contributed by atoms with E-state index in [4.69, 9.17) is 9.84 Å². The van der Waals surface area contributed by atoms with Crippen molar-refractivity contribution in [3.05, 3.63) is 28.8 Å². The molecule has 1 rings (SSSR count). The fraction of sp³-hybridized carbons (Fsp3) is 0.200. The molecule has 0 aliphatic heterocycles. The number of carbonyl (C=O) groups excluding carboxylic acids is 1. The lowest BCUT2D eigenvalue weighted by Gasteiger charge is -2.07. The van der Waals surface area contributed by atoms with Crippen LogP contribution in [-0.4, -0.2) is 24.5 Å². The summed E-state index contributed by atoms with van der Waals surface area (Å²) in [4.78, 5) is 21.3. The van der Waals surface area contributed by atoms with Crippen LogP contribution in [0.4, 0.5) is 0 Å². The van der Waals surface area contributed by atoms with E-state index in [2.05, 4.69) is 0 Å². The smallest absolute Gasteiger partial charge is 0.335 e. The van der Waals surface area contributed by atoms with E-state index in [1.54, 1.807) is 6.92 Å². The number of aromatic carboxylic acids is 1.